The zero-order valence-electron chi connectivity index (χ0n) is 14.3. The fourth-order valence-corrected chi connectivity index (χ4v) is 2.17. The lowest BCUT2D eigenvalue weighted by Crippen LogP contribution is -2.46. The van der Waals surface area contributed by atoms with E-state index >= 15 is 0 Å². The van der Waals surface area contributed by atoms with Crippen molar-refractivity contribution in [3.63, 3.8) is 0 Å². The SMILES string of the molecule is CC(C)NC(=O)COC(=O)[C@@H](NC(=O)c1ccccc1Cl)C(C)C. The van der Waals surface area contributed by atoms with E-state index < -0.39 is 23.8 Å². The lowest BCUT2D eigenvalue weighted by atomic mass is 10.0. The van der Waals surface area contributed by atoms with Crippen molar-refractivity contribution >= 4 is 29.4 Å². The summed E-state index contributed by atoms with van der Waals surface area (Å²) in [6.45, 7) is 6.77. The standard InChI is InChI=1S/C17H23ClN2O4/c1-10(2)15(17(23)24-9-14(21)19-11(3)4)20-16(22)12-7-5-6-8-13(12)18/h5-8,10-11,15H,9H2,1-4H3,(H,19,21)(H,20,22)/t15-/m0/s1. The van der Waals surface area contributed by atoms with Gasteiger partial charge in [0.2, 0.25) is 0 Å². The lowest BCUT2D eigenvalue weighted by Gasteiger charge is -2.21. The van der Waals surface area contributed by atoms with Gasteiger partial charge in [-0.15, -0.1) is 0 Å². The summed E-state index contributed by atoms with van der Waals surface area (Å²) in [4.78, 5) is 36.0. The second-order valence-electron chi connectivity index (χ2n) is 6.00. The van der Waals surface area contributed by atoms with Crippen molar-refractivity contribution in [3.05, 3.63) is 34.9 Å². The smallest absolute Gasteiger partial charge is 0.329 e. The minimum atomic E-state index is -0.874. The van der Waals surface area contributed by atoms with Crippen LogP contribution >= 0.6 is 11.6 Å². The highest BCUT2D eigenvalue weighted by Gasteiger charge is 2.27. The van der Waals surface area contributed by atoms with Gasteiger partial charge in [-0.2, -0.15) is 0 Å². The molecule has 1 rings (SSSR count). The van der Waals surface area contributed by atoms with E-state index in [0.717, 1.165) is 0 Å². The van der Waals surface area contributed by atoms with E-state index in [-0.39, 0.29) is 24.1 Å². The van der Waals surface area contributed by atoms with Crippen molar-refractivity contribution in [2.45, 2.75) is 39.8 Å². The molecule has 0 unspecified atom stereocenters. The minimum Gasteiger partial charge on any atom is -0.454 e. The second kappa shape index (κ2) is 9.27. The van der Waals surface area contributed by atoms with Gasteiger partial charge in [0, 0.05) is 6.04 Å². The molecule has 7 heteroatoms. The van der Waals surface area contributed by atoms with Gasteiger partial charge in [-0.3, -0.25) is 9.59 Å². The van der Waals surface area contributed by atoms with Crippen LogP contribution in [0.5, 0.6) is 0 Å². The number of ether oxygens (including phenoxy) is 1. The average molecular weight is 355 g/mol. The molecule has 0 spiro atoms. The van der Waals surface area contributed by atoms with Gasteiger partial charge in [0.25, 0.3) is 11.8 Å². The summed E-state index contributed by atoms with van der Waals surface area (Å²) >= 11 is 5.98. The van der Waals surface area contributed by atoms with Crippen LogP contribution in [0.15, 0.2) is 24.3 Å². The lowest BCUT2D eigenvalue weighted by molar-refractivity contribution is -0.151. The Bertz CT molecular complexity index is 602. The van der Waals surface area contributed by atoms with Gasteiger partial charge >= 0.3 is 5.97 Å². The van der Waals surface area contributed by atoms with E-state index in [2.05, 4.69) is 10.6 Å². The van der Waals surface area contributed by atoms with Crippen LogP contribution in [0.3, 0.4) is 0 Å². The molecule has 0 fully saturated rings. The van der Waals surface area contributed by atoms with Crippen LogP contribution in [0.1, 0.15) is 38.1 Å². The third-order valence-corrected chi connectivity index (χ3v) is 3.45. The van der Waals surface area contributed by atoms with Gasteiger partial charge in [0.05, 0.1) is 10.6 Å². The molecule has 0 aromatic heterocycles. The van der Waals surface area contributed by atoms with E-state index in [4.69, 9.17) is 16.3 Å². The van der Waals surface area contributed by atoms with Crippen LogP contribution < -0.4 is 10.6 Å². The summed E-state index contributed by atoms with van der Waals surface area (Å²) in [6, 6.07) is 5.63. The third kappa shape index (κ3) is 6.20. The molecule has 1 atom stereocenters. The van der Waals surface area contributed by atoms with Crippen LogP contribution in [0.4, 0.5) is 0 Å². The monoisotopic (exact) mass is 354 g/mol. The maximum absolute atomic E-state index is 12.3. The predicted octanol–water partition coefficient (Wildman–Crippen LogP) is 2.16. The van der Waals surface area contributed by atoms with Crippen LogP contribution in [0.25, 0.3) is 0 Å². The first-order chi connectivity index (χ1) is 11.2. The van der Waals surface area contributed by atoms with Crippen LogP contribution in [-0.2, 0) is 14.3 Å². The number of esters is 1. The molecule has 0 saturated carbocycles. The molecular weight excluding hydrogens is 332 g/mol. The first kappa shape index (κ1) is 20.0. The molecule has 0 bridgehead atoms. The molecule has 0 aliphatic rings. The molecule has 1 aromatic carbocycles. The third-order valence-electron chi connectivity index (χ3n) is 3.12. The largest absolute Gasteiger partial charge is 0.454 e. The highest BCUT2D eigenvalue weighted by Crippen LogP contribution is 2.15. The summed E-state index contributed by atoms with van der Waals surface area (Å²) in [5, 5.41) is 5.52. The Morgan fingerprint density at radius 2 is 1.71 bits per heavy atom. The zero-order chi connectivity index (χ0) is 18.3. The number of halogens is 1. The first-order valence-electron chi connectivity index (χ1n) is 7.73. The summed E-state index contributed by atoms with van der Waals surface area (Å²) in [6.07, 6.45) is 0. The molecule has 1 aromatic rings. The summed E-state index contributed by atoms with van der Waals surface area (Å²) < 4.78 is 5.00. The van der Waals surface area contributed by atoms with Crippen LogP contribution in [0, 0.1) is 5.92 Å². The van der Waals surface area contributed by atoms with E-state index in [1.54, 1.807) is 52.0 Å². The molecule has 132 valence electrons. The molecule has 6 nitrogen and oxygen atoms in total. The Balaban J connectivity index is 2.70. The van der Waals surface area contributed by atoms with Crippen molar-refractivity contribution in [1.82, 2.24) is 10.6 Å². The first-order valence-corrected chi connectivity index (χ1v) is 8.11. The number of nitrogens with one attached hydrogen (secondary N) is 2. The topological polar surface area (TPSA) is 84.5 Å². The Kier molecular flexibility index (Phi) is 7.71. The summed E-state index contributed by atoms with van der Waals surface area (Å²) in [5.74, 6) is -1.73. The number of hydrogen-bond donors (Lipinski definition) is 2. The number of amides is 2. The van der Waals surface area contributed by atoms with Gasteiger partial charge < -0.3 is 15.4 Å². The van der Waals surface area contributed by atoms with Gasteiger partial charge in [0.1, 0.15) is 6.04 Å². The number of rotatable bonds is 7. The number of hydrogen-bond acceptors (Lipinski definition) is 4. The van der Waals surface area contributed by atoms with Gasteiger partial charge in [-0.25, -0.2) is 4.79 Å². The van der Waals surface area contributed by atoms with Crippen molar-refractivity contribution in [2.24, 2.45) is 5.92 Å². The van der Waals surface area contributed by atoms with Crippen molar-refractivity contribution in [2.75, 3.05) is 6.61 Å². The maximum Gasteiger partial charge on any atom is 0.329 e. The van der Waals surface area contributed by atoms with E-state index in [1.165, 1.54) is 0 Å². The Hall–Kier alpha value is -2.08. The normalized spacial score (nSPS) is 12.0. The molecule has 0 heterocycles. The van der Waals surface area contributed by atoms with E-state index in [1.807, 2.05) is 0 Å². The fraction of sp³-hybridized carbons (Fsp3) is 0.471. The van der Waals surface area contributed by atoms with E-state index in [0.29, 0.717) is 5.02 Å². The molecule has 24 heavy (non-hydrogen) atoms. The Morgan fingerprint density at radius 3 is 2.25 bits per heavy atom. The number of benzene rings is 1. The van der Waals surface area contributed by atoms with Gasteiger partial charge in [-0.1, -0.05) is 37.6 Å². The van der Waals surface area contributed by atoms with Gasteiger partial charge in [-0.05, 0) is 31.9 Å². The number of carbonyl (C=O) groups is 3. The molecule has 0 radical (unpaired) electrons. The maximum atomic E-state index is 12.3. The molecule has 2 amide bonds. The molecule has 0 aliphatic heterocycles. The van der Waals surface area contributed by atoms with E-state index in [9.17, 15) is 14.4 Å². The minimum absolute atomic E-state index is 0.0444. The predicted molar refractivity (Wildman–Crippen MR) is 91.8 cm³/mol. The molecule has 0 aliphatic carbocycles. The second-order valence-corrected chi connectivity index (χ2v) is 6.41. The molecule has 2 N–H and O–H groups in total. The van der Waals surface area contributed by atoms with Gasteiger partial charge in [0.15, 0.2) is 6.61 Å². The summed E-state index contributed by atoms with van der Waals surface area (Å²) in [7, 11) is 0. The highest BCUT2D eigenvalue weighted by molar-refractivity contribution is 6.33. The van der Waals surface area contributed by atoms with Crippen molar-refractivity contribution in [1.29, 1.82) is 0 Å². The Morgan fingerprint density at radius 1 is 1.08 bits per heavy atom. The zero-order valence-corrected chi connectivity index (χ0v) is 15.0. The number of carbonyl (C=O) groups excluding carboxylic acids is 3. The molecular formula is C17H23ClN2O4. The van der Waals surface area contributed by atoms with Crippen molar-refractivity contribution < 1.29 is 19.1 Å². The van der Waals surface area contributed by atoms with Crippen LogP contribution in [0.2, 0.25) is 5.02 Å². The van der Waals surface area contributed by atoms with Crippen molar-refractivity contribution in [3.8, 4) is 0 Å². The summed E-state index contributed by atoms with van der Waals surface area (Å²) in [5.41, 5.74) is 0.273. The highest BCUT2D eigenvalue weighted by atomic mass is 35.5. The van der Waals surface area contributed by atoms with Crippen LogP contribution in [-0.4, -0.2) is 36.5 Å². The Labute approximate surface area is 146 Å². The average Bonchev–Trinajstić information content (AvgIpc) is 2.49. The quantitative estimate of drug-likeness (QED) is 0.735. The fourth-order valence-electron chi connectivity index (χ4n) is 1.95. The molecule has 0 saturated heterocycles.